The number of rotatable bonds is 6. The zero-order valence-electron chi connectivity index (χ0n) is 17.3. The van der Waals surface area contributed by atoms with Crippen LogP contribution in [0.15, 0.2) is 52.1 Å². The summed E-state index contributed by atoms with van der Waals surface area (Å²) in [5, 5.41) is 3.68. The molecule has 162 valence electrons. The number of piperidine rings is 1. The Morgan fingerprint density at radius 3 is 2.77 bits per heavy atom. The predicted octanol–water partition coefficient (Wildman–Crippen LogP) is 1.85. The molecule has 0 amide bonds. The van der Waals surface area contributed by atoms with Crippen molar-refractivity contribution in [3.63, 3.8) is 0 Å². The normalized spacial score (nSPS) is 16.2. The quantitative estimate of drug-likeness (QED) is 0.463. The second kappa shape index (κ2) is 9.18. The third-order valence-corrected chi connectivity index (χ3v) is 5.58. The Balaban J connectivity index is 1.50. The van der Waals surface area contributed by atoms with Gasteiger partial charge in [-0.25, -0.2) is 4.79 Å². The van der Waals surface area contributed by atoms with E-state index in [2.05, 4.69) is 10.3 Å². The number of aromatic nitrogens is 2. The lowest BCUT2D eigenvalue weighted by Crippen LogP contribution is -2.36. The molecular weight excluding hydrogens is 398 g/mol. The second-order valence-electron chi connectivity index (χ2n) is 7.63. The first-order valence-corrected chi connectivity index (χ1v) is 10.4. The fraction of sp³-hybridized carbons (Fsp3) is 0.348. The molecule has 1 saturated heterocycles. The molecule has 8 heteroatoms. The lowest BCUT2D eigenvalue weighted by molar-refractivity contribution is -0.139. The minimum Gasteiger partial charge on any atom is -0.493 e. The topological polar surface area (TPSA) is 102 Å². The van der Waals surface area contributed by atoms with E-state index in [1.165, 1.54) is 11.7 Å². The number of methoxy groups -OCH3 is 1. The van der Waals surface area contributed by atoms with E-state index in [0.29, 0.717) is 35.4 Å². The Kier molecular flexibility index (Phi) is 6.18. The van der Waals surface area contributed by atoms with Crippen molar-refractivity contribution >= 4 is 16.9 Å². The summed E-state index contributed by atoms with van der Waals surface area (Å²) in [6.07, 6.45) is 2.20. The van der Waals surface area contributed by atoms with Gasteiger partial charge >= 0.3 is 11.7 Å². The number of ether oxygens (including phenoxy) is 2. The molecule has 0 saturated carbocycles. The molecule has 1 aromatic heterocycles. The first-order valence-electron chi connectivity index (χ1n) is 10.4. The molecule has 8 nitrogen and oxygen atoms in total. The maximum atomic E-state index is 12.7. The van der Waals surface area contributed by atoms with Crippen LogP contribution >= 0.6 is 0 Å². The van der Waals surface area contributed by atoms with Crippen LogP contribution in [0.5, 0.6) is 11.5 Å². The molecule has 2 N–H and O–H groups in total. The Morgan fingerprint density at radius 2 is 2.00 bits per heavy atom. The lowest BCUT2D eigenvalue weighted by Gasteiger charge is -2.21. The average Bonchev–Trinajstić information content (AvgIpc) is 2.80. The Labute approximate surface area is 178 Å². The number of H-pyrrole nitrogens is 1. The molecule has 1 fully saturated rings. The number of nitrogens with one attached hydrogen (secondary N) is 2. The van der Waals surface area contributed by atoms with Crippen molar-refractivity contribution in [2.24, 2.45) is 5.92 Å². The SMILES string of the molecule is COc1cc(CCn2c(=O)[nH]c3ccccc3c2=O)ccc1OC(=O)C1CCCNC1. The summed E-state index contributed by atoms with van der Waals surface area (Å²) in [5.74, 6) is 0.370. The molecule has 0 radical (unpaired) electrons. The molecule has 1 unspecified atom stereocenters. The van der Waals surface area contributed by atoms with Crippen LogP contribution < -0.4 is 26.0 Å². The van der Waals surface area contributed by atoms with Crippen LogP contribution in [0.4, 0.5) is 0 Å². The van der Waals surface area contributed by atoms with Crippen molar-refractivity contribution in [2.75, 3.05) is 20.2 Å². The number of fused-ring (bicyclic) bond motifs is 1. The molecule has 2 aromatic carbocycles. The molecule has 3 aromatic rings. The fourth-order valence-electron chi connectivity index (χ4n) is 3.84. The zero-order valence-corrected chi connectivity index (χ0v) is 17.3. The van der Waals surface area contributed by atoms with Gasteiger partial charge in [0.2, 0.25) is 0 Å². The smallest absolute Gasteiger partial charge is 0.328 e. The number of carbonyl (C=O) groups is 1. The third-order valence-electron chi connectivity index (χ3n) is 5.58. The van der Waals surface area contributed by atoms with Gasteiger partial charge in [0, 0.05) is 13.1 Å². The van der Waals surface area contributed by atoms with Crippen molar-refractivity contribution < 1.29 is 14.3 Å². The molecule has 0 bridgehead atoms. The summed E-state index contributed by atoms with van der Waals surface area (Å²) in [4.78, 5) is 40.2. The number of aryl methyl sites for hydroxylation is 1. The maximum Gasteiger partial charge on any atom is 0.328 e. The monoisotopic (exact) mass is 423 g/mol. The summed E-state index contributed by atoms with van der Waals surface area (Å²) in [6.45, 7) is 1.76. The number of para-hydroxylation sites is 1. The average molecular weight is 423 g/mol. The van der Waals surface area contributed by atoms with Gasteiger partial charge in [0.1, 0.15) is 0 Å². The van der Waals surface area contributed by atoms with Crippen LogP contribution in [0.1, 0.15) is 18.4 Å². The van der Waals surface area contributed by atoms with E-state index in [1.807, 2.05) is 6.07 Å². The van der Waals surface area contributed by atoms with E-state index in [0.717, 1.165) is 24.9 Å². The second-order valence-corrected chi connectivity index (χ2v) is 7.63. The molecule has 2 heterocycles. The van der Waals surface area contributed by atoms with Gasteiger partial charge in [-0.05, 0) is 55.6 Å². The number of hydrogen-bond acceptors (Lipinski definition) is 6. The largest absolute Gasteiger partial charge is 0.493 e. The molecule has 31 heavy (non-hydrogen) atoms. The van der Waals surface area contributed by atoms with Gasteiger partial charge in [0.15, 0.2) is 11.5 Å². The number of esters is 1. The van der Waals surface area contributed by atoms with Gasteiger partial charge in [-0.2, -0.15) is 0 Å². The first kappa shape index (κ1) is 20.9. The minimum atomic E-state index is -0.442. The van der Waals surface area contributed by atoms with E-state index >= 15 is 0 Å². The molecule has 1 aliphatic rings. The molecule has 0 spiro atoms. The van der Waals surface area contributed by atoms with Gasteiger partial charge in [-0.15, -0.1) is 0 Å². The van der Waals surface area contributed by atoms with Crippen LogP contribution in [0.3, 0.4) is 0 Å². The molecule has 4 rings (SSSR count). The third kappa shape index (κ3) is 4.54. The van der Waals surface area contributed by atoms with E-state index in [1.54, 1.807) is 36.4 Å². The number of nitrogens with zero attached hydrogens (tertiary/aromatic N) is 1. The van der Waals surface area contributed by atoms with E-state index in [4.69, 9.17) is 9.47 Å². The summed E-state index contributed by atoms with van der Waals surface area (Å²) in [5.41, 5.74) is 0.616. The van der Waals surface area contributed by atoms with Crippen molar-refractivity contribution in [1.82, 2.24) is 14.9 Å². The number of carbonyl (C=O) groups excluding carboxylic acids is 1. The van der Waals surface area contributed by atoms with Crippen LogP contribution in [0.25, 0.3) is 10.9 Å². The van der Waals surface area contributed by atoms with Crippen molar-refractivity contribution in [1.29, 1.82) is 0 Å². The highest BCUT2D eigenvalue weighted by atomic mass is 16.6. The van der Waals surface area contributed by atoms with E-state index in [-0.39, 0.29) is 24.0 Å². The Hall–Kier alpha value is -3.39. The highest BCUT2D eigenvalue weighted by Crippen LogP contribution is 2.29. The van der Waals surface area contributed by atoms with Crippen LogP contribution in [-0.2, 0) is 17.8 Å². The predicted molar refractivity (Wildman–Crippen MR) is 117 cm³/mol. The Bertz CT molecular complexity index is 1210. The van der Waals surface area contributed by atoms with Gasteiger partial charge < -0.3 is 19.8 Å². The number of hydrogen-bond donors (Lipinski definition) is 2. The van der Waals surface area contributed by atoms with Crippen molar-refractivity contribution in [3.8, 4) is 11.5 Å². The maximum absolute atomic E-state index is 12.7. The van der Waals surface area contributed by atoms with Gasteiger partial charge in [-0.3, -0.25) is 14.2 Å². The minimum absolute atomic E-state index is 0.162. The standard InChI is InChI=1S/C23H25N3O5/c1-30-20-13-15(8-9-19(20)31-22(28)16-5-4-11-24-14-16)10-12-26-21(27)17-6-2-3-7-18(17)25-23(26)29/h2-3,6-9,13,16,24H,4-5,10-12,14H2,1H3,(H,25,29). The van der Waals surface area contributed by atoms with Crippen molar-refractivity contribution in [2.45, 2.75) is 25.8 Å². The zero-order chi connectivity index (χ0) is 21.8. The lowest BCUT2D eigenvalue weighted by atomic mass is 10.00. The molecule has 1 aliphatic heterocycles. The van der Waals surface area contributed by atoms with Crippen LogP contribution in [-0.4, -0.2) is 35.7 Å². The van der Waals surface area contributed by atoms with Gasteiger partial charge in [0.25, 0.3) is 5.56 Å². The Morgan fingerprint density at radius 1 is 1.16 bits per heavy atom. The van der Waals surface area contributed by atoms with E-state index in [9.17, 15) is 14.4 Å². The number of aromatic amines is 1. The summed E-state index contributed by atoms with van der Waals surface area (Å²) >= 11 is 0. The van der Waals surface area contributed by atoms with Crippen LogP contribution in [0, 0.1) is 5.92 Å². The van der Waals surface area contributed by atoms with Gasteiger partial charge in [0.05, 0.1) is 23.9 Å². The highest BCUT2D eigenvalue weighted by Gasteiger charge is 2.24. The fourth-order valence-corrected chi connectivity index (χ4v) is 3.84. The summed E-state index contributed by atoms with van der Waals surface area (Å²) in [6, 6.07) is 12.2. The highest BCUT2D eigenvalue weighted by molar-refractivity contribution is 5.77. The molecular formula is C23H25N3O5. The first-order chi connectivity index (χ1) is 15.1. The number of benzene rings is 2. The molecule has 1 atom stereocenters. The van der Waals surface area contributed by atoms with Crippen molar-refractivity contribution in [3.05, 3.63) is 68.9 Å². The summed E-state index contributed by atoms with van der Waals surface area (Å²) < 4.78 is 12.2. The van der Waals surface area contributed by atoms with E-state index < -0.39 is 5.69 Å². The summed E-state index contributed by atoms with van der Waals surface area (Å²) in [7, 11) is 1.51. The molecule has 0 aliphatic carbocycles. The van der Waals surface area contributed by atoms with Gasteiger partial charge in [-0.1, -0.05) is 18.2 Å². The van der Waals surface area contributed by atoms with Crippen LogP contribution in [0.2, 0.25) is 0 Å².